The molecule has 6 heteroatoms. The third kappa shape index (κ3) is 8.93. The molecule has 1 amide bonds. The number of rotatable bonds is 10. The molecular weight excluding hydrogens is 246 g/mol. The first-order valence-corrected chi connectivity index (χ1v) is 7.03. The molecule has 1 saturated heterocycles. The second kappa shape index (κ2) is 10.1. The molecule has 0 bridgehead atoms. The summed E-state index contributed by atoms with van der Waals surface area (Å²) >= 11 is 0. The van der Waals surface area contributed by atoms with Crippen molar-refractivity contribution in [2.75, 3.05) is 66.2 Å². The molecule has 6 nitrogen and oxygen atoms in total. The van der Waals surface area contributed by atoms with Crippen LogP contribution in [-0.4, -0.2) is 81.9 Å². The maximum Gasteiger partial charge on any atom is 0.243 e. The molecule has 0 aromatic rings. The van der Waals surface area contributed by atoms with Crippen LogP contribution in [0.4, 0.5) is 0 Å². The van der Waals surface area contributed by atoms with Crippen molar-refractivity contribution in [3.63, 3.8) is 0 Å². The van der Waals surface area contributed by atoms with Gasteiger partial charge in [0, 0.05) is 45.9 Å². The van der Waals surface area contributed by atoms with E-state index in [0.717, 1.165) is 58.8 Å². The summed E-state index contributed by atoms with van der Waals surface area (Å²) in [4.78, 5) is 15.2. The summed E-state index contributed by atoms with van der Waals surface area (Å²) in [5.74, 6) is -0.413. The molecule has 1 heterocycles. The summed E-state index contributed by atoms with van der Waals surface area (Å²) in [6, 6.07) is 0. The number of piperazine rings is 1. The fourth-order valence-electron chi connectivity index (χ4n) is 1.95. The first-order chi connectivity index (χ1) is 9.18. The van der Waals surface area contributed by atoms with Crippen LogP contribution in [0.2, 0.25) is 0 Å². The Hall–Kier alpha value is -0.690. The van der Waals surface area contributed by atoms with Gasteiger partial charge in [0.2, 0.25) is 5.91 Å². The van der Waals surface area contributed by atoms with E-state index in [1.165, 1.54) is 0 Å². The fourth-order valence-corrected chi connectivity index (χ4v) is 1.95. The zero-order valence-corrected chi connectivity index (χ0v) is 12.0. The monoisotopic (exact) mass is 273 g/mol. The molecule has 1 fully saturated rings. The van der Waals surface area contributed by atoms with Crippen LogP contribution in [0.25, 0.3) is 0 Å². The minimum Gasteiger partial charge on any atom is -0.380 e. The van der Waals surface area contributed by atoms with E-state index >= 15 is 0 Å². The molecular formula is C13H27N3O3. The highest BCUT2D eigenvalue weighted by atomic mass is 16.5. The smallest absolute Gasteiger partial charge is 0.243 e. The van der Waals surface area contributed by atoms with E-state index in [4.69, 9.17) is 15.2 Å². The lowest BCUT2D eigenvalue weighted by molar-refractivity contribution is -0.122. The summed E-state index contributed by atoms with van der Waals surface area (Å²) in [5.41, 5.74) is 4.96. The zero-order chi connectivity index (χ0) is 13.9. The Morgan fingerprint density at radius 1 is 1.05 bits per heavy atom. The van der Waals surface area contributed by atoms with Crippen molar-refractivity contribution in [2.24, 2.45) is 5.73 Å². The molecule has 0 aliphatic carbocycles. The molecule has 0 atom stereocenters. The average molecular weight is 273 g/mol. The van der Waals surface area contributed by atoms with Crippen molar-refractivity contribution in [1.82, 2.24) is 9.80 Å². The van der Waals surface area contributed by atoms with Crippen molar-refractivity contribution < 1.29 is 14.3 Å². The Morgan fingerprint density at radius 2 is 1.68 bits per heavy atom. The van der Waals surface area contributed by atoms with E-state index in [1.54, 1.807) is 0 Å². The Kier molecular flexibility index (Phi) is 8.73. The first-order valence-electron chi connectivity index (χ1n) is 7.03. The van der Waals surface area contributed by atoms with Crippen molar-refractivity contribution in [3.8, 4) is 0 Å². The summed E-state index contributed by atoms with van der Waals surface area (Å²) in [5, 5.41) is 0. The van der Waals surface area contributed by atoms with E-state index in [9.17, 15) is 4.79 Å². The minimum absolute atomic E-state index is 0.0181. The van der Waals surface area contributed by atoms with E-state index in [2.05, 4.69) is 16.8 Å². The van der Waals surface area contributed by atoms with Crippen molar-refractivity contribution >= 4 is 5.91 Å². The van der Waals surface area contributed by atoms with Gasteiger partial charge in [-0.2, -0.15) is 0 Å². The van der Waals surface area contributed by atoms with Crippen LogP contribution in [0.3, 0.4) is 0 Å². The van der Waals surface area contributed by atoms with Crippen molar-refractivity contribution in [3.05, 3.63) is 0 Å². The average Bonchev–Trinajstić information content (AvgIpc) is 2.38. The molecule has 0 aromatic carbocycles. The van der Waals surface area contributed by atoms with Crippen LogP contribution < -0.4 is 5.73 Å². The van der Waals surface area contributed by atoms with Crippen LogP contribution >= 0.6 is 0 Å². The van der Waals surface area contributed by atoms with Gasteiger partial charge >= 0.3 is 0 Å². The number of unbranched alkanes of at least 4 members (excludes halogenated alkanes) is 1. The highest BCUT2D eigenvalue weighted by molar-refractivity contribution is 5.74. The molecule has 112 valence electrons. The highest BCUT2D eigenvalue weighted by Crippen LogP contribution is 1.99. The lowest BCUT2D eigenvalue weighted by Crippen LogP contribution is -2.45. The number of ether oxygens (including phenoxy) is 2. The zero-order valence-electron chi connectivity index (χ0n) is 12.0. The number of nitrogens with zero attached hydrogens (tertiary/aromatic N) is 2. The minimum atomic E-state index is -0.413. The van der Waals surface area contributed by atoms with Gasteiger partial charge in [0.15, 0.2) is 0 Å². The Morgan fingerprint density at radius 3 is 2.32 bits per heavy atom. The predicted octanol–water partition coefficient (Wildman–Crippen LogP) is -0.467. The van der Waals surface area contributed by atoms with Crippen molar-refractivity contribution in [2.45, 2.75) is 12.8 Å². The Labute approximate surface area is 115 Å². The Bertz CT molecular complexity index is 243. The first kappa shape index (κ1) is 16.4. The molecule has 1 rings (SSSR count). The standard InChI is InChI=1S/C13H27N3O3/c1-15-4-6-16(7-5-15)8-11-18-9-2-3-10-19-12-13(14)17/h2-12H2,1H3,(H2,14,17). The number of hydrogen-bond acceptors (Lipinski definition) is 5. The fraction of sp³-hybridized carbons (Fsp3) is 0.923. The molecule has 1 aliphatic heterocycles. The van der Waals surface area contributed by atoms with Gasteiger partial charge in [0.1, 0.15) is 6.61 Å². The molecule has 0 saturated carbocycles. The van der Waals surface area contributed by atoms with Crippen molar-refractivity contribution in [1.29, 1.82) is 0 Å². The third-order valence-electron chi connectivity index (χ3n) is 3.22. The van der Waals surface area contributed by atoms with E-state index < -0.39 is 5.91 Å². The van der Waals surface area contributed by atoms with E-state index in [-0.39, 0.29) is 6.61 Å². The lowest BCUT2D eigenvalue weighted by Gasteiger charge is -2.32. The summed E-state index contributed by atoms with van der Waals surface area (Å²) in [6.45, 7) is 7.75. The van der Waals surface area contributed by atoms with Gasteiger partial charge in [-0.15, -0.1) is 0 Å². The maximum absolute atomic E-state index is 10.4. The van der Waals surface area contributed by atoms with Crippen LogP contribution in [0, 0.1) is 0 Å². The van der Waals surface area contributed by atoms with Gasteiger partial charge in [-0.05, 0) is 19.9 Å². The molecule has 2 N–H and O–H groups in total. The predicted molar refractivity (Wildman–Crippen MR) is 74.0 cm³/mol. The normalized spacial score (nSPS) is 17.7. The van der Waals surface area contributed by atoms with Gasteiger partial charge < -0.3 is 20.1 Å². The van der Waals surface area contributed by atoms with Crippen LogP contribution in [0.5, 0.6) is 0 Å². The van der Waals surface area contributed by atoms with Gasteiger partial charge in [0.05, 0.1) is 6.61 Å². The number of primary amides is 1. The number of amides is 1. The number of carbonyl (C=O) groups is 1. The lowest BCUT2D eigenvalue weighted by atomic mass is 10.3. The van der Waals surface area contributed by atoms with Crippen LogP contribution in [0.15, 0.2) is 0 Å². The molecule has 0 unspecified atom stereocenters. The van der Waals surface area contributed by atoms with Gasteiger partial charge in [0.25, 0.3) is 0 Å². The second-order valence-corrected chi connectivity index (χ2v) is 4.98. The number of hydrogen-bond donors (Lipinski definition) is 1. The number of nitrogens with two attached hydrogens (primary N) is 1. The molecule has 0 aromatic heterocycles. The highest BCUT2D eigenvalue weighted by Gasteiger charge is 2.12. The van der Waals surface area contributed by atoms with E-state index in [0.29, 0.717) is 6.61 Å². The molecule has 0 radical (unpaired) electrons. The summed E-state index contributed by atoms with van der Waals surface area (Å²) in [6.07, 6.45) is 1.86. The third-order valence-corrected chi connectivity index (χ3v) is 3.22. The van der Waals surface area contributed by atoms with Crippen LogP contribution in [-0.2, 0) is 14.3 Å². The topological polar surface area (TPSA) is 68.0 Å². The van der Waals surface area contributed by atoms with Crippen LogP contribution in [0.1, 0.15) is 12.8 Å². The summed E-state index contributed by atoms with van der Waals surface area (Å²) in [7, 11) is 2.16. The van der Waals surface area contributed by atoms with Gasteiger partial charge in [-0.1, -0.05) is 0 Å². The van der Waals surface area contributed by atoms with Gasteiger partial charge in [-0.25, -0.2) is 0 Å². The number of carbonyl (C=O) groups excluding carboxylic acids is 1. The van der Waals surface area contributed by atoms with Gasteiger partial charge in [-0.3, -0.25) is 9.69 Å². The quantitative estimate of drug-likeness (QED) is 0.545. The summed E-state index contributed by atoms with van der Waals surface area (Å²) < 4.78 is 10.7. The SMILES string of the molecule is CN1CCN(CCOCCCCOCC(N)=O)CC1. The maximum atomic E-state index is 10.4. The van der Waals surface area contributed by atoms with E-state index in [1.807, 2.05) is 0 Å². The molecule has 19 heavy (non-hydrogen) atoms. The second-order valence-electron chi connectivity index (χ2n) is 4.98. The molecule has 1 aliphatic rings. The Balaban J connectivity index is 1.80. The molecule has 0 spiro atoms. The number of likely N-dealkylation sites (N-methyl/N-ethyl adjacent to an activating group) is 1. The largest absolute Gasteiger partial charge is 0.380 e.